The highest BCUT2D eigenvalue weighted by Gasteiger charge is 2.14. The molecule has 0 saturated carbocycles. The Kier molecular flexibility index (Phi) is 6.24. The second-order valence-corrected chi connectivity index (χ2v) is 5.44. The highest BCUT2D eigenvalue weighted by molar-refractivity contribution is 6.05. The number of carbonyl (C=O) groups excluding carboxylic acids is 1. The van der Waals surface area contributed by atoms with Crippen molar-refractivity contribution in [3.8, 4) is 11.5 Å². The zero-order valence-corrected chi connectivity index (χ0v) is 14.8. The van der Waals surface area contributed by atoms with Crippen molar-refractivity contribution in [2.75, 3.05) is 18.5 Å². The van der Waals surface area contributed by atoms with E-state index < -0.39 is 0 Å². The van der Waals surface area contributed by atoms with Gasteiger partial charge in [0.1, 0.15) is 0 Å². The summed E-state index contributed by atoms with van der Waals surface area (Å²) >= 11 is 0. The Bertz CT molecular complexity index is 710. The van der Waals surface area contributed by atoms with Gasteiger partial charge in [0.15, 0.2) is 11.5 Å². The molecular formula is C20H25NO3. The average molecular weight is 327 g/mol. The Morgan fingerprint density at radius 3 is 2.38 bits per heavy atom. The van der Waals surface area contributed by atoms with Crippen LogP contribution in [0, 0.1) is 6.92 Å². The van der Waals surface area contributed by atoms with Gasteiger partial charge in [-0.25, -0.2) is 0 Å². The zero-order chi connectivity index (χ0) is 17.5. The molecule has 0 aliphatic rings. The number of nitrogens with one attached hydrogen (secondary N) is 1. The minimum absolute atomic E-state index is 0.150. The van der Waals surface area contributed by atoms with E-state index in [4.69, 9.17) is 9.47 Å². The fourth-order valence-electron chi connectivity index (χ4n) is 2.58. The van der Waals surface area contributed by atoms with Crippen molar-refractivity contribution in [2.45, 2.75) is 34.1 Å². The molecule has 0 aliphatic heterocycles. The maximum Gasteiger partial charge on any atom is 0.255 e. The van der Waals surface area contributed by atoms with Crippen molar-refractivity contribution in [3.63, 3.8) is 0 Å². The summed E-state index contributed by atoms with van der Waals surface area (Å²) in [6.07, 6.45) is 0.866. The van der Waals surface area contributed by atoms with Crippen molar-refractivity contribution in [2.24, 2.45) is 0 Å². The topological polar surface area (TPSA) is 47.6 Å². The number of aryl methyl sites for hydroxylation is 2. The van der Waals surface area contributed by atoms with Crippen LogP contribution in [0.1, 0.15) is 42.3 Å². The minimum atomic E-state index is -0.150. The molecular weight excluding hydrogens is 302 g/mol. The van der Waals surface area contributed by atoms with E-state index in [9.17, 15) is 4.79 Å². The van der Waals surface area contributed by atoms with E-state index in [1.165, 1.54) is 0 Å². The molecule has 4 heteroatoms. The van der Waals surface area contributed by atoms with Crippen LogP contribution in [0.2, 0.25) is 0 Å². The van der Waals surface area contributed by atoms with Crippen LogP contribution in [0.5, 0.6) is 11.5 Å². The van der Waals surface area contributed by atoms with Gasteiger partial charge in [-0.15, -0.1) is 0 Å². The van der Waals surface area contributed by atoms with E-state index in [0.29, 0.717) is 30.3 Å². The van der Waals surface area contributed by atoms with Gasteiger partial charge in [0.2, 0.25) is 0 Å². The number of hydrogen-bond donors (Lipinski definition) is 1. The van der Waals surface area contributed by atoms with Gasteiger partial charge in [-0.3, -0.25) is 4.79 Å². The largest absolute Gasteiger partial charge is 0.490 e. The third kappa shape index (κ3) is 4.07. The first-order valence-electron chi connectivity index (χ1n) is 8.40. The molecule has 128 valence electrons. The number of benzene rings is 2. The van der Waals surface area contributed by atoms with E-state index in [2.05, 4.69) is 12.2 Å². The molecule has 0 spiro atoms. The van der Waals surface area contributed by atoms with Crippen molar-refractivity contribution in [3.05, 3.63) is 53.1 Å². The Balaban J connectivity index is 2.28. The van der Waals surface area contributed by atoms with Gasteiger partial charge in [0, 0.05) is 11.3 Å². The molecule has 2 aromatic carbocycles. The van der Waals surface area contributed by atoms with E-state index in [0.717, 1.165) is 23.2 Å². The number of ether oxygens (including phenoxy) is 2. The van der Waals surface area contributed by atoms with Crippen molar-refractivity contribution < 1.29 is 14.3 Å². The Hall–Kier alpha value is -2.49. The minimum Gasteiger partial charge on any atom is -0.490 e. The molecule has 0 unspecified atom stereocenters. The van der Waals surface area contributed by atoms with Gasteiger partial charge in [0.25, 0.3) is 5.91 Å². The van der Waals surface area contributed by atoms with Crippen LogP contribution >= 0.6 is 0 Å². The van der Waals surface area contributed by atoms with E-state index in [1.807, 2.05) is 39.0 Å². The quantitative estimate of drug-likeness (QED) is 0.808. The van der Waals surface area contributed by atoms with Crippen LogP contribution in [0.4, 0.5) is 5.69 Å². The smallest absolute Gasteiger partial charge is 0.255 e. The van der Waals surface area contributed by atoms with Crippen LogP contribution in [0.15, 0.2) is 36.4 Å². The molecule has 0 saturated heterocycles. The first kappa shape index (κ1) is 17.9. The van der Waals surface area contributed by atoms with Gasteiger partial charge < -0.3 is 14.8 Å². The van der Waals surface area contributed by atoms with Gasteiger partial charge in [-0.1, -0.05) is 25.1 Å². The molecule has 0 aromatic heterocycles. The standard InChI is InChI=1S/C20H25NO3/c1-5-15-10-8-9-14(4)19(15)21-20(22)16-11-12-17(23-6-2)18(13-16)24-7-3/h8-13H,5-7H2,1-4H3,(H,21,22). The zero-order valence-electron chi connectivity index (χ0n) is 14.8. The first-order chi connectivity index (χ1) is 11.6. The molecule has 0 fully saturated rings. The lowest BCUT2D eigenvalue weighted by molar-refractivity contribution is 0.102. The molecule has 24 heavy (non-hydrogen) atoms. The molecule has 1 N–H and O–H groups in total. The van der Waals surface area contributed by atoms with Crippen LogP contribution in [-0.4, -0.2) is 19.1 Å². The van der Waals surface area contributed by atoms with Gasteiger partial charge in [-0.2, -0.15) is 0 Å². The highest BCUT2D eigenvalue weighted by atomic mass is 16.5. The normalized spacial score (nSPS) is 10.3. The summed E-state index contributed by atoms with van der Waals surface area (Å²) in [5.41, 5.74) is 3.61. The number of rotatable bonds is 7. The Morgan fingerprint density at radius 2 is 1.71 bits per heavy atom. The number of anilines is 1. The Morgan fingerprint density at radius 1 is 1.00 bits per heavy atom. The van der Waals surface area contributed by atoms with Gasteiger partial charge >= 0.3 is 0 Å². The molecule has 2 aromatic rings. The van der Waals surface area contributed by atoms with E-state index in [1.54, 1.807) is 18.2 Å². The number of para-hydroxylation sites is 1. The summed E-state index contributed by atoms with van der Waals surface area (Å²) in [6.45, 7) is 8.97. The van der Waals surface area contributed by atoms with Gasteiger partial charge in [0.05, 0.1) is 13.2 Å². The summed E-state index contributed by atoms with van der Waals surface area (Å²) < 4.78 is 11.1. The third-order valence-electron chi connectivity index (χ3n) is 3.78. The second kappa shape index (κ2) is 8.39. The molecule has 0 bridgehead atoms. The maximum atomic E-state index is 12.7. The summed E-state index contributed by atoms with van der Waals surface area (Å²) in [6, 6.07) is 11.3. The molecule has 0 radical (unpaired) electrons. The third-order valence-corrected chi connectivity index (χ3v) is 3.78. The fourth-order valence-corrected chi connectivity index (χ4v) is 2.58. The van der Waals surface area contributed by atoms with E-state index in [-0.39, 0.29) is 5.91 Å². The summed E-state index contributed by atoms with van der Waals surface area (Å²) in [5, 5.41) is 3.03. The highest BCUT2D eigenvalue weighted by Crippen LogP contribution is 2.29. The Labute approximate surface area is 143 Å². The van der Waals surface area contributed by atoms with Crippen LogP contribution in [-0.2, 0) is 6.42 Å². The van der Waals surface area contributed by atoms with Crippen molar-refractivity contribution >= 4 is 11.6 Å². The summed E-state index contributed by atoms with van der Waals surface area (Å²) in [7, 11) is 0. The molecule has 0 aliphatic carbocycles. The van der Waals surface area contributed by atoms with E-state index >= 15 is 0 Å². The monoisotopic (exact) mass is 327 g/mol. The lowest BCUT2D eigenvalue weighted by Gasteiger charge is -2.15. The molecule has 0 atom stereocenters. The molecule has 1 amide bonds. The number of carbonyl (C=O) groups is 1. The SMILES string of the molecule is CCOc1ccc(C(=O)Nc2c(C)cccc2CC)cc1OCC. The van der Waals surface area contributed by atoms with Gasteiger partial charge in [-0.05, 0) is 56.5 Å². The number of amides is 1. The number of hydrogen-bond acceptors (Lipinski definition) is 3. The lowest BCUT2D eigenvalue weighted by atomic mass is 10.1. The summed E-state index contributed by atoms with van der Waals surface area (Å²) in [4.78, 5) is 12.7. The maximum absolute atomic E-state index is 12.7. The fraction of sp³-hybridized carbons (Fsp3) is 0.350. The van der Waals surface area contributed by atoms with Crippen molar-refractivity contribution in [1.82, 2.24) is 0 Å². The molecule has 0 heterocycles. The molecule has 4 nitrogen and oxygen atoms in total. The lowest BCUT2D eigenvalue weighted by Crippen LogP contribution is -2.14. The predicted molar refractivity (Wildman–Crippen MR) is 97.3 cm³/mol. The average Bonchev–Trinajstić information content (AvgIpc) is 2.58. The second-order valence-electron chi connectivity index (χ2n) is 5.44. The van der Waals surface area contributed by atoms with Crippen LogP contribution in [0.3, 0.4) is 0 Å². The van der Waals surface area contributed by atoms with Crippen LogP contribution in [0.25, 0.3) is 0 Å². The summed E-state index contributed by atoms with van der Waals surface area (Å²) in [5.74, 6) is 1.09. The first-order valence-corrected chi connectivity index (χ1v) is 8.40. The predicted octanol–water partition coefficient (Wildman–Crippen LogP) is 4.61. The van der Waals surface area contributed by atoms with Crippen molar-refractivity contribution in [1.29, 1.82) is 0 Å². The molecule has 2 rings (SSSR count). The van der Waals surface area contributed by atoms with Crippen LogP contribution < -0.4 is 14.8 Å².